The molecule has 0 amide bonds. The molecule has 176 valence electrons. The van der Waals surface area contributed by atoms with E-state index in [0.29, 0.717) is 26.1 Å². The van der Waals surface area contributed by atoms with Crippen molar-refractivity contribution in [2.45, 2.75) is 70.6 Å². The first-order chi connectivity index (χ1) is 15.0. The van der Waals surface area contributed by atoms with Crippen LogP contribution in [0.1, 0.15) is 38.3 Å². The second-order valence-electron chi connectivity index (χ2n) is 9.92. The zero-order valence-electron chi connectivity index (χ0n) is 20.0. The van der Waals surface area contributed by atoms with Crippen molar-refractivity contribution in [3.05, 3.63) is 81.9 Å². The minimum Gasteiger partial charge on any atom is -0.417 e. The van der Waals surface area contributed by atoms with Crippen molar-refractivity contribution in [1.82, 2.24) is 4.90 Å². The number of nitrogens with zero attached hydrogens (tertiary/aromatic N) is 2. The van der Waals surface area contributed by atoms with Gasteiger partial charge in [0.15, 0.2) is 8.32 Å². The first-order valence-corrected chi connectivity index (χ1v) is 14.2. The van der Waals surface area contributed by atoms with E-state index in [1.807, 2.05) is 60.7 Å². The molecule has 7 heteroatoms. The molecule has 6 nitrogen and oxygen atoms in total. The first-order valence-electron chi connectivity index (χ1n) is 11.3. The van der Waals surface area contributed by atoms with Crippen LogP contribution in [-0.4, -0.2) is 48.5 Å². The molecule has 0 aliphatic carbocycles. The van der Waals surface area contributed by atoms with Crippen LogP contribution < -0.4 is 0 Å². The molecule has 0 spiro atoms. The summed E-state index contributed by atoms with van der Waals surface area (Å²) in [6.07, 6.45) is -0.554. The van der Waals surface area contributed by atoms with Gasteiger partial charge in [-0.25, -0.2) is 0 Å². The number of aliphatic hydroxyl groups excluding tert-OH is 1. The van der Waals surface area contributed by atoms with Crippen LogP contribution in [0.3, 0.4) is 0 Å². The summed E-state index contributed by atoms with van der Waals surface area (Å²) >= 11 is 0. The van der Waals surface area contributed by atoms with E-state index in [0.717, 1.165) is 11.1 Å². The Morgan fingerprint density at radius 1 is 1.00 bits per heavy atom. The van der Waals surface area contributed by atoms with Gasteiger partial charge >= 0.3 is 0 Å². The van der Waals surface area contributed by atoms with Crippen molar-refractivity contribution in [2.75, 3.05) is 13.2 Å². The van der Waals surface area contributed by atoms with Crippen LogP contribution in [0.15, 0.2) is 60.7 Å². The molecule has 0 fully saturated rings. The van der Waals surface area contributed by atoms with E-state index in [1.54, 1.807) is 0 Å². The molecule has 2 rings (SSSR count). The molecule has 0 radical (unpaired) electrons. The molecule has 0 aliphatic heterocycles. The largest absolute Gasteiger partial charge is 0.417 e. The van der Waals surface area contributed by atoms with Gasteiger partial charge in [-0.2, -0.15) is 0 Å². The smallest absolute Gasteiger partial charge is 0.230 e. The Balaban J connectivity index is 2.26. The summed E-state index contributed by atoms with van der Waals surface area (Å²) in [6.45, 7) is 12.1. The number of rotatable bonds is 12. The molecule has 0 heterocycles. The van der Waals surface area contributed by atoms with Crippen molar-refractivity contribution in [1.29, 1.82) is 0 Å². The average Bonchev–Trinajstić information content (AvgIpc) is 2.71. The van der Waals surface area contributed by atoms with Gasteiger partial charge in [0, 0.05) is 30.7 Å². The van der Waals surface area contributed by atoms with Crippen molar-refractivity contribution in [2.24, 2.45) is 0 Å². The van der Waals surface area contributed by atoms with Crippen LogP contribution in [-0.2, 0) is 17.5 Å². The van der Waals surface area contributed by atoms with Crippen LogP contribution in [0.5, 0.6) is 0 Å². The maximum Gasteiger partial charge on any atom is 0.230 e. The third-order valence-electron chi connectivity index (χ3n) is 6.39. The second-order valence-corrected chi connectivity index (χ2v) is 14.7. The zero-order valence-corrected chi connectivity index (χ0v) is 21.0. The lowest BCUT2D eigenvalue weighted by atomic mass is 10.0. The van der Waals surface area contributed by atoms with Crippen LogP contribution in [0.4, 0.5) is 0 Å². The highest BCUT2D eigenvalue weighted by Crippen LogP contribution is 2.36. The van der Waals surface area contributed by atoms with Crippen LogP contribution in [0.2, 0.25) is 18.1 Å². The summed E-state index contributed by atoms with van der Waals surface area (Å²) in [7, 11) is -1.96. The Morgan fingerprint density at radius 3 is 1.88 bits per heavy atom. The van der Waals surface area contributed by atoms with Crippen LogP contribution in [0, 0.1) is 10.1 Å². The van der Waals surface area contributed by atoms with E-state index in [1.165, 1.54) is 0 Å². The highest BCUT2D eigenvalue weighted by atomic mass is 28.4. The third-order valence-corrected chi connectivity index (χ3v) is 10.9. The van der Waals surface area contributed by atoms with Crippen LogP contribution in [0.25, 0.3) is 0 Å². The zero-order chi connectivity index (χ0) is 23.8. The molecule has 0 unspecified atom stereocenters. The van der Waals surface area contributed by atoms with Gasteiger partial charge in [0.2, 0.25) is 6.54 Å². The summed E-state index contributed by atoms with van der Waals surface area (Å²) in [5.41, 5.74) is 2.21. The molecule has 0 aliphatic rings. The number of hydrogen-bond donors (Lipinski definition) is 1. The third kappa shape index (κ3) is 8.13. The molecule has 1 N–H and O–H groups in total. The van der Waals surface area contributed by atoms with E-state index in [9.17, 15) is 15.2 Å². The van der Waals surface area contributed by atoms with Gasteiger partial charge in [-0.05, 0) is 35.7 Å². The van der Waals surface area contributed by atoms with Gasteiger partial charge in [0.25, 0.3) is 0 Å². The molecular formula is C25H38N2O4Si. The average molecular weight is 459 g/mol. The fraction of sp³-hybridized carbons (Fsp3) is 0.520. The summed E-state index contributed by atoms with van der Waals surface area (Å²) < 4.78 is 6.36. The summed E-state index contributed by atoms with van der Waals surface area (Å²) in [5, 5.41) is 22.2. The lowest BCUT2D eigenvalue weighted by Crippen LogP contribution is -2.48. The molecule has 2 aromatic carbocycles. The summed E-state index contributed by atoms with van der Waals surface area (Å²) in [5.74, 6) is 0. The van der Waals surface area contributed by atoms with Gasteiger partial charge in [0.1, 0.15) is 6.10 Å². The minimum atomic E-state index is -1.96. The van der Waals surface area contributed by atoms with Crippen molar-refractivity contribution in [3.8, 4) is 0 Å². The van der Waals surface area contributed by atoms with Crippen molar-refractivity contribution < 1.29 is 14.5 Å². The monoisotopic (exact) mass is 458 g/mol. The fourth-order valence-corrected chi connectivity index (χ4v) is 4.53. The van der Waals surface area contributed by atoms with Gasteiger partial charge < -0.3 is 9.53 Å². The lowest BCUT2D eigenvalue weighted by Gasteiger charge is -2.38. The molecule has 0 bridgehead atoms. The lowest BCUT2D eigenvalue weighted by molar-refractivity contribution is -0.492. The molecule has 32 heavy (non-hydrogen) atoms. The fourth-order valence-electron chi connectivity index (χ4n) is 3.47. The maximum atomic E-state index is 11.2. The molecule has 0 saturated heterocycles. The standard InChI is InChI=1S/C25H38N2O4Si/c1-25(2,3)32(4,5)31-17-16-23(24(28)20-27(29)30)26(18-21-12-8-6-9-13-21)19-22-14-10-7-11-15-22/h6-15,23-24,28H,16-20H2,1-5H3/t23-,24+/m0/s1. The molecular weight excluding hydrogens is 420 g/mol. The van der Waals surface area contributed by atoms with Crippen LogP contribution >= 0.6 is 0 Å². The maximum absolute atomic E-state index is 11.2. The number of aliphatic hydroxyl groups is 1. The highest BCUT2D eigenvalue weighted by Gasteiger charge is 2.38. The van der Waals surface area contributed by atoms with E-state index in [2.05, 4.69) is 38.8 Å². The normalized spacial score (nSPS) is 14.3. The number of hydrogen-bond acceptors (Lipinski definition) is 5. The number of benzene rings is 2. The van der Waals surface area contributed by atoms with E-state index < -0.39 is 31.9 Å². The Kier molecular flexibility index (Phi) is 9.58. The Hall–Kier alpha value is -2.06. The molecule has 0 saturated carbocycles. The number of nitro groups is 1. The van der Waals surface area contributed by atoms with Crippen molar-refractivity contribution >= 4 is 8.32 Å². The first kappa shape index (κ1) is 26.2. The van der Waals surface area contributed by atoms with Gasteiger partial charge in [-0.15, -0.1) is 0 Å². The predicted octanol–water partition coefficient (Wildman–Crippen LogP) is 5.11. The quantitative estimate of drug-likeness (QED) is 0.272. The molecule has 2 atom stereocenters. The van der Waals surface area contributed by atoms with E-state index >= 15 is 0 Å². The predicted molar refractivity (Wildman–Crippen MR) is 132 cm³/mol. The highest BCUT2D eigenvalue weighted by molar-refractivity contribution is 6.74. The second kappa shape index (κ2) is 11.7. The summed E-state index contributed by atoms with van der Waals surface area (Å²) in [6, 6.07) is 19.7. The SMILES string of the molecule is CC(C)(C)[Si](C)(C)OCC[C@@H]([C@H](O)C[N+](=O)[O-])N(Cc1ccccc1)Cc1ccccc1. The van der Waals surface area contributed by atoms with Gasteiger partial charge in [-0.3, -0.25) is 15.0 Å². The van der Waals surface area contributed by atoms with Gasteiger partial charge in [-0.1, -0.05) is 81.4 Å². The molecule has 0 aromatic heterocycles. The van der Waals surface area contributed by atoms with Gasteiger partial charge in [0.05, 0.1) is 0 Å². The molecule has 2 aromatic rings. The minimum absolute atomic E-state index is 0.0791. The Labute approximate surface area is 193 Å². The summed E-state index contributed by atoms with van der Waals surface area (Å²) in [4.78, 5) is 12.9. The topological polar surface area (TPSA) is 75.8 Å². The Morgan fingerprint density at radius 2 is 1.47 bits per heavy atom. The van der Waals surface area contributed by atoms with E-state index in [-0.39, 0.29) is 5.04 Å². The van der Waals surface area contributed by atoms with Crippen molar-refractivity contribution in [3.63, 3.8) is 0 Å². The van der Waals surface area contributed by atoms with E-state index in [4.69, 9.17) is 4.43 Å². The Bertz CT molecular complexity index is 783.